The largest absolute Gasteiger partial charge is 0.456 e. The molecule has 0 spiro atoms. The minimum absolute atomic E-state index is 0.0117. The van der Waals surface area contributed by atoms with Crippen LogP contribution in [0.5, 0.6) is 11.5 Å². The highest BCUT2D eigenvalue weighted by Gasteiger charge is 2.08. The molecule has 0 bridgehead atoms. The van der Waals surface area contributed by atoms with Gasteiger partial charge in [0.25, 0.3) is 0 Å². The first-order chi connectivity index (χ1) is 9.11. The van der Waals surface area contributed by atoms with Crippen LogP contribution >= 0.6 is 11.6 Å². The van der Waals surface area contributed by atoms with Crippen molar-refractivity contribution in [2.24, 2.45) is 0 Å². The number of carbonyl (C=O) groups is 1. The fourth-order valence-electron chi connectivity index (χ4n) is 1.82. The zero-order chi connectivity index (χ0) is 13.8. The fraction of sp³-hybridized carbons (Fsp3) is 0.188. The number of Topliss-reactive ketones (excluding diaryl/α,β-unsaturated/α-hetero) is 1. The van der Waals surface area contributed by atoms with Crippen LogP contribution in [0.3, 0.4) is 0 Å². The van der Waals surface area contributed by atoms with Gasteiger partial charge in [-0.3, -0.25) is 4.79 Å². The highest BCUT2D eigenvalue weighted by Crippen LogP contribution is 2.32. The molecule has 0 radical (unpaired) electrons. The first-order valence-corrected chi connectivity index (χ1v) is 6.56. The van der Waals surface area contributed by atoms with Gasteiger partial charge in [0.15, 0.2) is 5.78 Å². The van der Waals surface area contributed by atoms with Gasteiger partial charge in [0.2, 0.25) is 0 Å². The molecule has 19 heavy (non-hydrogen) atoms. The quantitative estimate of drug-likeness (QED) is 0.742. The lowest BCUT2D eigenvalue weighted by Gasteiger charge is -2.11. The average Bonchev–Trinajstić information content (AvgIpc) is 2.41. The van der Waals surface area contributed by atoms with Crippen molar-refractivity contribution in [2.45, 2.75) is 20.3 Å². The van der Waals surface area contributed by atoms with Crippen molar-refractivity contribution in [2.75, 3.05) is 0 Å². The average molecular weight is 275 g/mol. The highest BCUT2D eigenvalue weighted by atomic mass is 35.5. The van der Waals surface area contributed by atoms with E-state index in [1.807, 2.05) is 24.3 Å². The van der Waals surface area contributed by atoms with Crippen LogP contribution < -0.4 is 4.74 Å². The number of ether oxygens (including phenoxy) is 1. The van der Waals surface area contributed by atoms with Crippen LogP contribution in [0.15, 0.2) is 42.5 Å². The van der Waals surface area contributed by atoms with E-state index in [2.05, 4.69) is 6.92 Å². The summed E-state index contributed by atoms with van der Waals surface area (Å²) in [5.41, 5.74) is 1.70. The van der Waals surface area contributed by atoms with Crippen molar-refractivity contribution >= 4 is 17.4 Å². The summed E-state index contributed by atoms with van der Waals surface area (Å²) in [5, 5.41) is 0.443. The van der Waals surface area contributed by atoms with Crippen molar-refractivity contribution in [3.05, 3.63) is 58.6 Å². The molecule has 0 saturated carbocycles. The third-order valence-electron chi connectivity index (χ3n) is 2.91. The van der Waals surface area contributed by atoms with Crippen LogP contribution in [0, 0.1) is 0 Å². The van der Waals surface area contributed by atoms with Crippen molar-refractivity contribution in [1.82, 2.24) is 0 Å². The minimum Gasteiger partial charge on any atom is -0.456 e. The maximum atomic E-state index is 11.3. The van der Waals surface area contributed by atoms with Crippen LogP contribution in [-0.2, 0) is 6.42 Å². The molecule has 0 saturated heterocycles. The Hall–Kier alpha value is -1.80. The highest BCUT2D eigenvalue weighted by molar-refractivity contribution is 6.32. The summed E-state index contributed by atoms with van der Waals surface area (Å²) in [6.45, 7) is 3.58. The Bertz CT molecular complexity index is 605. The lowest BCUT2D eigenvalue weighted by molar-refractivity contribution is 0.101. The first-order valence-electron chi connectivity index (χ1n) is 6.18. The van der Waals surface area contributed by atoms with E-state index < -0.39 is 0 Å². The third-order valence-corrected chi connectivity index (χ3v) is 3.21. The smallest absolute Gasteiger partial charge is 0.159 e. The van der Waals surface area contributed by atoms with Crippen LogP contribution in [0.2, 0.25) is 5.02 Å². The molecule has 0 fully saturated rings. The van der Waals surface area contributed by atoms with Crippen molar-refractivity contribution in [1.29, 1.82) is 0 Å². The van der Waals surface area contributed by atoms with E-state index in [9.17, 15) is 4.79 Å². The van der Waals surface area contributed by atoms with E-state index in [0.717, 1.165) is 17.7 Å². The van der Waals surface area contributed by atoms with Crippen LogP contribution in [0.25, 0.3) is 0 Å². The summed E-state index contributed by atoms with van der Waals surface area (Å²) >= 11 is 6.14. The maximum Gasteiger partial charge on any atom is 0.159 e. The summed E-state index contributed by atoms with van der Waals surface area (Å²) in [5.74, 6) is 1.34. The van der Waals surface area contributed by atoms with Crippen molar-refractivity contribution in [3.63, 3.8) is 0 Å². The molecule has 0 N–H and O–H groups in total. The number of hydrogen-bond acceptors (Lipinski definition) is 2. The summed E-state index contributed by atoms with van der Waals surface area (Å²) in [4.78, 5) is 11.3. The number of benzene rings is 2. The molecular weight excluding hydrogens is 260 g/mol. The SMILES string of the molecule is CCc1ccccc1Oc1ccc(C(C)=O)cc1Cl. The number of hydrogen-bond donors (Lipinski definition) is 0. The first kappa shape index (κ1) is 13.6. The van der Waals surface area contributed by atoms with Gasteiger partial charge in [0.1, 0.15) is 11.5 Å². The van der Waals surface area contributed by atoms with Crippen molar-refractivity contribution < 1.29 is 9.53 Å². The second-order valence-electron chi connectivity index (χ2n) is 4.26. The third kappa shape index (κ3) is 3.15. The zero-order valence-electron chi connectivity index (χ0n) is 10.9. The predicted octanol–water partition coefficient (Wildman–Crippen LogP) is 4.90. The van der Waals surface area contributed by atoms with E-state index >= 15 is 0 Å². The summed E-state index contributed by atoms with van der Waals surface area (Å²) in [6.07, 6.45) is 0.888. The van der Waals surface area contributed by atoms with Gasteiger partial charge in [-0.05, 0) is 43.2 Å². The molecule has 2 rings (SSSR count). The topological polar surface area (TPSA) is 26.3 Å². The molecule has 0 unspecified atom stereocenters. The van der Waals surface area contributed by atoms with Crippen LogP contribution in [-0.4, -0.2) is 5.78 Å². The maximum absolute atomic E-state index is 11.3. The number of ketones is 1. The number of rotatable bonds is 4. The molecule has 0 amide bonds. The molecule has 0 aliphatic rings. The van der Waals surface area contributed by atoms with Crippen LogP contribution in [0.1, 0.15) is 29.8 Å². The van der Waals surface area contributed by atoms with Gasteiger partial charge < -0.3 is 4.74 Å². The number of aryl methyl sites for hydroxylation is 1. The van der Waals surface area contributed by atoms with Crippen molar-refractivity contribution in [3.8, 4) is 11.5 Å². The molecule has 0 aliphatic carbocycles. The Labute approximate surface area is 118 Å². The molecule has 0 heterocycles. The Morgan fingerprint density at radius 1 is 1.16 bits per heavy atom. The van der Waals surface area contributed by atoms with Gasteiger partial charge in [-0.25, -0.2) is 0 Å². The van der Waals surface area contributed by atoms with Gasteiger partial charge >= 0.3 is 0 Å². The van der Waals surface area contributed by atoms with E-state index in [1.165, 1.54) is 6.92 Å². The van der Waals surface area contributed by atoms with Crippen LogP contribution in [0.4, 0.5) is 0 Å². The van der Waals surface area contributed by atoms with Gasteiger partial charge in [0.05, 0.1) is 5.02 Å². The number of halogens is 1. The zero-order valence-corrected chi connectivity index (χ0v) is 11.7. The van der Waals surface area contributed by atoms with Gasteiger partial charge in [-0.2, -0.15) is 0 Å². The Morgan fingerprint density at radius 3 is 2.53 bits per heavy atom. The molecule has 0 aromatic heterocycles. The molecule has 0 aliphatic heterocycles. The Balaban J connectivity index is 2.31. The van der Waals surface area contributed by atoms with E-state index in [-0.39, 0.29) is 5.78 Å². The second-order valence-corrected chi connectivity index (χ2v) is 4.67. The van der Waals surface area contributed by atoms with E-state index in [1.54, 1.807) is 18.2 Å². The standard InChI is InChI=1S/C16H15ClO2/c1-3-12-6-4-5-7-15(12)19-16-9-8-13(11(2)18)10-14(16)17/h4-10H,3H2,1-2H3. The normalized spacial score (nSPS) is 10.3. The van der Waals surface area contributed by atoms with Gasteiger partial charge in [0, 0.05) is 5.56 Å². The van der Waals surface area contributed by atoms with Gasteiger partial charge in [-0.15, -0.1) is 0 Å². The van der Waals surface area contributed by atoms with E-state index in [4.69, 9.17) is 16.3 Å². The molecule has 3 heteroatoms. The molecule has 2 nitrogen and oxygen atoms in total. The summed E-state index contributed by atoms with van der Waals surface area (Å²) in [6, 6.07) is 12.9. The number of para-hydroxylation sites is 1. The lowest BCUT2D eigenvalue weighted by atomic mass is 10.1. The molecule has 0 atom stereocenters. The van der Waals surface area contributed by atoms with Gasteiger partial charge in [-0.1, -0.05) is 36.7 Å². The number of carbonyl (C=O) groups excluding carboxylic acids is 1. The summed E-state index contributed by atoms with van der Waals surface area (Å²) in [7, 11) is 0. The summed E-state index contributed by atoms with van der Waals surface area (Å²) < 4.78 is 5.82. The molecule has 2 aromatic rings. The molecular formula is C16H15ClO2. The lowest BCUT2D eigenvalue weighted by Crippen LogP contribution is -1.94. The van der Waals surface area contributed by atoms with E-state index in [0.29, 0.717) is 16.3 Å². The monoisotopic (exact) mass is 274 g/mol. The Kier molecular flexibility index (Phi) is 4.23. The Morgan fingerprint density at radius 2 is 1.89 bits per heavy atom. The molecule has 2 aromatic carbocycles. The second kappa shape index (κ2) is 5.89. The molecule has 98 valence electrons. The minimum atomic E-state index is -0.0117. The fourth-order valence-corrected chi connectivity index (χ4v) is 2.04. The predicted molar refractivity (Wildman–Crippen MR) is 77.4 cm³/mol.